The van der Waals surface area contributed by atoms with Crippen molar-refractivity contribution in [3.8, 4) is 17.4 Å². The lowest BCUT2D eigenvalue weighted by Crippen LogP contribution is -2.16. The molecule has 180 valence electrons. The van der Waals surface area contributed by atoms with Crippen molar-refractivity contribution in [2.24, 2.45) is 0 Å². The quantitative estimate of drug-likeness (QED) is 0.485. The van der Waals surface area contributed by atoms with Crippen LogP contribution in [0.1, 0.15) is 15.9 Å². The topological polar surface area (TPSA) is 94.6 Å². The molecule has 0 radical (unpaired) electrons. The first-order valence-corrected chi connectivity index (χ1v) is 11.1. The number of anilines is 1. The van der Waals surface area contributed by atoms with Crippen LogP contribution in [0.15, 0.2) is 53.6 Å². The number of carbonyl (C=O) groups is 1. The van der Waals surface area contributed by atoms with Crippen LogP contribution in [0.2, 0.25) is 0 Å². The number of nitrogens with one attached hydrogen (secondary N) is 1. The van der Waals surface area contributed by atoms with Crippen molar-refractivity contribution in [1.82, 2.24) is 4.98 Å². The molecule has 34 heavy (non-hydrogen) atoms. The molecule has 0 bridgehead atoms. The molecule has 0 spiro atoms. The van der Waals surface area contributed by atoms with E-state index in [-0.39, 0.29) is 10.6 Å². The van der Waals surface area contributed by atoms with Crippen LogP contribution in [-0.2, 0) is 16.0 Å². The van der Waals surface area contributed by atoms with E-state index in [1.807, 2.05) is 0 Å². The van der Waals surface area contributed by atoms with Gasteiger partial charge in [0.2, 0.25) is 5.88 Å². The maximum absolute atomic E-state index is 14.3. The lowest BCUT2D eigenvalue weighted by atomic mass is 10.1. The predicted octanol–water partition coefficient (Wildman–Crippen LogP) is 4.84. The molecule has 0 unspecified atom stereocenters. The monoisotopic (exact) mass is 502 g/mol. The number of hydrogen-bond acceptors (Lipinski definition) is 6. The van der Waals surface area contributed by atoms with Gasteiger partial charge in [-0.1, -0.05) is 6.07 Å². The summed E-state index contributed by atoms with van der Waals surface area (Å²) < 4.78 is 101. The SMILES string of the molecule is COc1cc(F)c(Oc2ncc(C(F)(F)F)cc2C(=O)Nc2cccc(S(C)(=O)=O)c2)cc1F. The molecule has 3 rings (SSSR count). The number of halogens is 5. The van der Waals surface area contributed by atoms with E-state index in [1.165, 1.54) is 18.2 Å². The smallest absolute Gasteiger partial charge is 0.417 e. The third kappa shape index (κ3) is 5.60. The summed E-state index contributed by atoms with van der Waals surface area (Å²) in [4.78, 5) is 16.1. The van der Waals surface area contributed by atoms with Crippen LogP contribution in [0.4, 0.5) is 27.6 Å². The highest BCUT2D eigenvalue weighted by Gasteiger charge is 2.33. The predicted molar refractivity (Wildman–Crippen MR) is 110 cm³/mol. The molecule has 7 nitrogen and oxygen atoms in total. The fourth-order valence-corrected chi connectivity index (χ4v) is 3.37. The Morgan fingerprint density at radius 3 is 2.29 bits per heavy atom. The molecule has 0 saturated carbocycles. The van der Waals surface area contributed by atoms with Crippen LogP contribution >= 0.6 is 0 Å². The lowest BCUT2D eigenvalue weighted by molar-refractivity contribution is -0.137. The number of sulfone groups is 1. The van der Waals surface area contributed by atoms with Crippen LogP contribution in [0.5, 0.6) is 17.4 Å². The zero-order valence-electron chi connectivity index (χ0n) is 17.4. The van der Waals surface area contributed by atoms with Crippen molar-refractivity contribution in [3.63, 3.8) is 0 Å². The summed E-state index contributed by atoms with van der Waals surface area (Å²) in [6.07, 6.45) is -3.60. The summed E-state index contributed by atoms with van der Waals surface area (Å²) in [5, 5.41) is 2.24. The molecule has 1 amide bonds. The van der Waals surface area contributed by atoms with Gasteiger partial charge in [0.15, 0.2) is 33.0 Å². The number of aromatic nitrogens is 1. The minimum absolute atomic E-state index is 0.0574. The van der Waals surface area contributed by atoms with E-state index in [9.17, 15) is 35.2 Å². The molecule has 1 aromatic heterocycles. The summed E-state index contributed by atoms with van der Waals surface area (Å²) >= 11 is 0. The van der Waals surface area contributed by atoms with Crippen LogP contribution in [-0.4, -0.2) is 32.7 Å². The van der Waals surface area contributed by atoms with Crippen molar-refractivity contribution < 1.29 is 44.6 Å². The molecule has 0 atom stereocenters. The number of rotatable bonds is 6. The molecule has 3 aromatic rings. The zero-order valence-corrected chi connectivity index (χ0v) is 18.2. The van der Waals surface area contributed by atoms with Crippen LogP contribution < -0.4 is 14.8 Å². The van der Waals surface area contributed by atoms with E-state index in [1.54, 1.807) is 0 Å². The molecule has 0 aliphatic carbocycles. The first-order chi connectivity index (χ1) is 15.8. The molecule has 0 saturated heterocycles. The van der Waals surface area contributed by atoms with Crippen molar-refractivity contribution in [1.29, 1.82) is 0 Å². The maximum atomic E-state index is 14.3. The fraction of sp³-hybridized carbons (Fsp3) is 0.143. The summed E-state index contributed by atoms with van der Waals surface area (Å²) in [7, 11) is -2.55. The van der Waals surface area contributed by atoms with E-state index in [0.29, 0.717) is 24.4 Å². The Labute approximate surface area is 190 Å². The maximum Gasteiger partial charge on any atom is 0.417 e. The van der Waals surface area contributed by atoms with Gasteiger partial charge in [-0.3, -0.25) is 4.79 Å². The standard InChI is InChI=1S/C21H15F5N2O5S/c1-32-17-8-16(23)18(9-15(17)22)33-20-14(6-11(10-27-20)21(24,25)26)19(29)28-12-4-3-5-13(7-12)34(2,30)31/h3-10H,1-2H3,(H,28,29). The normalized spacial score (nSPS) is 11.7. The van der Waals surface area contributed by atoms with E-state index in [0.717, 1.165) is 19.4 Å². The van der Waals surface area contributed by atoms with Crippen LogP contribution in [0.3, 0.4) is 0 Å². The molecule has 1 N–H and O–H groups in total. The summed E-state index contributed by atoms with van der Waals surface area (Å²) in [5.41, 5.74) is -2.13. The third-order valence-electron chi connectivity index (χ3n) is 4.36. The molecular weight excluding hydrogens is 487 g/mol. The Bertz CT molecular complexity index is 1360. The van der Waals surface area contributed by atoms with E-state index >= 15 is 0 Å². The number of benzene rings is 2. The third-order valence-corrected chi connectivity index (χ3v) is 5.47. The molecule has 13 heteroatoms. The van der Waals surface area contributed by atoms with Gasteiger partial charge in [-0.25, -0.2) is 22.2 Å². The van der Waals surface area contributed by atoms with Gasteiger partial charge < -0.3 is 14.8 Å². The first kappa shape index (κ1) is 24.9. The summed E-state index contributed by atoms with van der Waals surface area (Å²) in [6.45, 7) is 0. The first-order valence-electron chi connectivity index (χ1n) is 9.19. The summed E-state index contributed by atoms with van der Waals surface area (Å²) in [6, 6.07) is 6.58. The number of hydrogen-bond donors (Lipinski definition) is 1. The Hall–Kier alpha value is -3.74. The number of amides is 1. The molecule has 0 fully saturated rings. The Kier molecular flexibility index (Phi) is 6.77. The van der Waals surface area contributed by atoms with Crippen molar-refractivity contribution in [2.75, 3.05) is 18.7 Å². The van der Waals surface area contributed by atoms with E-state index in [4.69, 9.17) is 4.74 Å². The number of methoxy groups -OCH3 is 1. The number of ether oxygens (including phenoxy) is 2. The second kappa shape index (κ2) is 9.25. The average molecular weight is 502 g/mol. The molecular formula is C21H15F5N2O5S. The zero-order chi connectivity index (χ0) is 25.3. The van der Waals surface area contributed by atoms with Gasteiger partial charge in [-0.05, 0) is 24.3 Å². The van der Waals surface area contributed by atoms with Gasteiger partial charge in [0.05, 0.1) is 17.6 Å². The Morgan fingerprint density at radius 1 is 1.03 bits per heavy atom. The highest BCUT2D eigenvalue weighted by Crippen LogP contribution is 2.35. The van der Waals surface area contributed by atoms with Gasteiger partial charge in [-0.2, -0.15) is 13.2 Å². The molecule has 1 heterocycles. The Morgan fingerprint density at radius 2 is 1.68 bits per heavy atom. The average Bonchev–Trinajstić information content (AvgIpc) is 2.75. The fourth-order valence-electron chi connectivity index (χ4n) is 2.70. The second-order valence-electron chi connectivity index (χ2n) is 6.85. The van der Waals surface area contributed by atoms with E-state index in [2.05, 4.69) is 15.0 Å². The summed E-state index contributed by atoms with van der Waals surface area (Å²) in [5.74, 6) is -5.31. The van der Waals surface area contributed by atoms with Gasteiger partial charge in [0.25, 0.3) is 5.91 Å². The van der Waals surface area contributed by atoms with Gasteiger partial charge in [0, 0.05) is 30.3 Å². The van der Waals surface area contributed by atoms with Gasteiger partial charge >= 0.3 is 6.18 Å². The highest BCUT2D eigenvalue weighted by atomic mass is 32.2. The molecule has 0 aliphatic rings. The molecule has 0 aliphatic heterocycles. The number of carbonyl (C=O) groups excluding carboxylic acids is 1. The van der Waals surface area contributed by atoms with Gasteiger partial charge in [-0.15, -0.1) is 0 Å². The van der Waals surface area contributed by atoms with Crippen molar-refractivity contribution in [3.05, 3.63) is 71.4 Å². The van der Waals surface area contributed by atoms with Crippen molar-refractivity contribution >= 4 is 21.4 Å². The largest absolute Gasteiger partial charge is 0.494 e. The lowest BCUT2D eigenvalue weighted by Gasteiger charge is -2.14. The Balaban J connectivity index is 2.03. The second-order valence-corrected chi connectivity index (χ2v) is 8.86. The van der Waals surface area contributed by atoms with Crippen molar-refractivity contribution in [2.45, 2.75) is 11.1 Å². The van der Waals surface area contributed by atoms with E-state index < -0.39 is 62.1 Å². The highest BCUT2D eigenvalue weighted by molar-refractivity contribution is 7.90. The van der Waals surface area contributed by atoms with Gasteiger partial charge in [0.1, 0.15) is 5.56 Å². The van der Waals surface area contributed by atoms with Crippen LogP contribution in [0.25, 0.3) is 0 Å². The number of pyridine rings is 1. The van der Waals surface area contributed by atoms with Crippen LogP contribution in [0, 0.1) is 11.6 Å². The molecule has 2 aromatic carbocycles. The number of alkyl halides is 3. The minimum atomic E-state index is -4.88. The number of nitrogens with zero attached hydrogens (tertiary/aromatic N) is 1. The minimum Gasteiger partial charge on any atom is -0.494 e.